The first-order valence-electron chi connectivity index (χ1n) is 5.76. The Morgan fingerprint density at radius 3 is 2.68 bits per heavy atom. The monoisotopic (exact) mass is 319 g/mol. The van der Waals surface area contributed by atoms with Crippen LogP contribution in [-0.4, -0.2) is 25.0 Å². The van der Waals surface area contributed by atoms with Gasteiger partial charge in [-0.1, -0.05) is 6.07 Å². The predicted molar refractivity (Wildman–Crippen MR) is 80.7 cm³/mol. The van der Waals surface area contributed by atoms with Crippen molar-refractivity contribution in [2.45, 2.75) is 0 Å². The van der Waals surface area contributed by atoms with Crippen molar-refractivity contribution >= 4 is 33.2 Å². The molecule has 98 valence electrons. The zero-order chi connectivity index (χ0) is 13.8. The molecule has 0 saturated carbocycles. The second kappa shape index (κ2) is 5.84. The second-order valence-electron chi connectivity index (χ2n) is 4.26. The number of carbonyl (C=O) groups excluding carboxylic acids is 1. The summed E-state index contributed by atoms with van der Waals surface area (Å²) >= 11 is 3.29. The van der Waals surface area contributed by atoms with Crippen molar-refractivity contribution in [2.24, 2.45) is 0 Å². The van der Waals surface area contributed by atoms with Gasteiger partial charge in [-0.15, -0.1) is 0 Å². The van der Waals surface area contributed by atoms with Gasteiger partial charge in [0.25, 0.3) is 5.91 Å². The molecular formula is C14H14BrN3O. The Labute approximate surface area is 120 Å². The van der Waals surface area contributed by atoms with E-state index < -0.39 is 0 Å². The van der Waals surface area contributed by atoms with E-state index in [9.17, 15) is 4.79 Å². The number of hydrogen-bond acceptors (Lipinski definition) is 3. The topological polar surface area (TPSA) is 45.2 Å². The molecule has 2 rings (SSSR count). The number of nitrogens with zero attached hydrogens (tertiary/aromatic N) is 2. The van der Waals surface area contributed by atoms with Crippen LogP contribution < -0.4 is 10.2 Å². The molecule has 0 fully saturated rings. The van der Waals surface area contributed by atoms with Crippen LogP contribution >= 0.6 is 15.9 Å². The van der Waals surface area contributed by atoms with Gasteiger partial charge < -0.3 is 10.2 Å². The number of halogens is 1. The lowest BCUT2D eigenvalue weighted by Gasteiger charge is -2.13. The average molecular weight is 320 g/mol. The SMILES string of the molecule is CN(C)c1cccc(NC(=O)c2ccc(Br)cn2)c1. The van der Waals surface area contributed by atoms with E-state index in [1.54, 1.807) is 18.3 Å². The van der Waals surface area contributed by atoms with Crippen LogP contribution in [0, 0.1) is 0 Å². The highest BCUT2D eigenvalue weighted by Gasteiger charge is 2.07. The Morgan fingerprint density at radius 2 is 2.05 bits per heavy atom. The van der Waals surface area contributed by atoms with Gasteiger partial charge in [0.05, 0.1) is 0 Å². The van der Waals surface area contributed by atoms with E-state index in [1.165, 1.54) is 0 Å². The molecule has 0 aliphatic carbocycles. The fourth-order valence-corrected chi connectivity index (χ4v) is 1.80. The molecule has 5 heteroatoms. The van der Waals surface area contributed by atoms with E-state index in [4.69, 9.17) is 0 Å². The molecule has 1 aromatic carbocycles. The molecular weight excluding hydrogens is 306 g/mol. The molecule has 0 unspecified atom stereocenters. The van der Waals surface area contributed by atoms with Crippen molar-refractivity contribution in [3.05, 3.63) is 52.8 Å². The van der Waals surface area contributed by atoms with Crippen molar-refractivity contribution in [3.8, 4) is 0 Å². The lowest BCUT2D eigenvalue weighted by Crippen LogP contribution is -2.14. The first-order valence-corrected chi connectivity index (χ1v) is 6.56. The van der Waals surface area contributed by atoms with Crippen LogP contribution in [0.3, 0.4) is 0 Å². The highest BCUT2D eigenvalue weighted by atomic mass is 79.9. The van der Waals surface area contributed by atoms with Gasteiger partial charge in [-0.2, -0.15) is 0 Å². The maximum Gasteiger partial charge on any atom is 0.274 e. The van der Waals surface area contributed by atoms with Crippen molar-refractivity contribution < 1.29 is 4.79 Å². The van der Waals surface area contributed by atoms with Gasteiger partial charge in [-0.05, 0) is 46.3 Å². The quantitative estimate of drug-likeness (QED) is 0.945. The molecule has 0 aliphatic rings. The van der Waals surface area contributed by atoms with Gasteiger partial charge in [0.2, 0.25) is 0 Å². The van der Waals surface area contributed by atoms with E-state index in [2.05, 4.69) is 26.2 Å². The van der Waals surface area contributed by atoms with E-state index in [0.29, 0.717) is 5.69 Å². The van der Waals surface area contributed by atoms with Crippen LogP contribution in [0.2, 0.25) is 0 Å². The molecule has 1 N–H and O–H groups in total. The van der Waals surface area contributed by atoms with Crippen molar-refractivity contribution in [1.82, 2.24) is 4.98 Å². The predicted octanol–water partition coefficient (Wildman–Crippen LogP) is 3.16. The first-order chi connectivity index (χ1) is 9.06. The Kier molecular flexibility index (Phi) is 4.16. The standard InChI is InChI=1S/C14H14BrN3O/c1-18(2)12-5-3-4-11(8-12)17-14(19)13-7-6-10(15)9-16-13/h3-9H,1-2H3,(H,17,19). The molecule has 1 aromatic heterocycles. The zero-order valence-electron chi connectivity index (χ0n) is 10.7. The average Bonchev–Trinajstić information content (AvgIpc) is 2.39. The minimum Gasteiger partial charge on any atom is -0.378 e. The Bertz CT molecular complexity index is 581. The molecule has 0 aliphatic heterocycles. The Morgan fingerprint density at radius 1 is 1.26 bits per heavy atom. The fraction of sp³-hybridized carbons (Fsp3) is 0.143. The molecule has 0 atom stereocenters. The summed E-state index contributed by atoms with van der Waals surface area (Å²) in [5.41, 5.74) is 2.17. The Hall–Kier alpha value is -1.88. The molecule has 4 nitrogen and oxygen atoms in total. The number of hydrogen-bond donors (Lipinski definition) is 1. The van der Waals surface area contributed by atoms with Crippen LogP contribution in [0.15, 0.2) is 47.1 Å². The van der Waals surface area contributed by atoms with Crippen LogP contribution in [-0.2, 0) is 0 Å². The summed E-state index contributed by atoms with van der Waals surface area (Å²) in [6.45, 7) is 0. The summed E-state index contributed by atoms with van der Waals surface area (Å²) in [4.78, 5) is 18.0. The van der Waals surface area contributed by atoms with E-state index in [-0.39, 0.29) is 5.91 Å². The molecule has 0 spiro atoms. The van der Waals surface area contributed by atoms with Gasteiger partial charge in [0.1, 0.15) is 5.69 Å². The highest BCUT2D eigenvalue weighted by Crippen LogP contribution is 2.18. The molecule has 0 radical (unpaired) electrons. The summed E-state index contributed by atoms with van der Waals surface area (Å²) < 4.78 is 0.846. The maximum absolute atomic E-state index is 12.0. The first kappa shape index (κ1) is 13.5. The fourth-order valence-electron chi connectivity index (χ4n) is 1.57. The van der Waals surface area contributed by atoms with Gasteiger partial charge in [-0.25, -0.2) is 4.98 Å². The molecule has 0 bridgehead atoms. The summed E-state index contributed by atoms with van der Waals surface area (Å²) in [6, 6.07) is 11.1. The summed E-state index contributed by atoms with van der Waals surface area (Å²) in [7, 11) is 3.91. The van der Waals surface area contributed by atoms with Crippen LogP contribution in [0.4, 0.5) is 11.4 Å². The minimum absolute atomic E-state index is 0.219. The molecule has 19 heavy (non-hydrogen) atoms. The summed E-state index contributed by atoms with van der Waals surface area (Å²) in [6.07, 6.45) is 1.60. The maximum atomic E-state index is 12.0. The number of benzene rings is 1. The smallest absolute Gasteiger partial charge is 0.274 e. The number of pyridine rings is 1. The number of carbonyl (C=O) groups is 1. The van der Waals surface area contributed by atoms with Crippen molar-refractivity contribution in [1.29, 1.82) is 0 Å². The minimum atomic E-state index is -0.219. The number of nitrogens with one attached hydrogen (secondary N) is 1. The van der Waals surface area contributed by atoms with Crippen molar-refractivity contribution in [3.63, 3.8) is 0 Å². The zero-order valence-corrected chi connectivity index (χ0v) is 12.3. The molecule has 1 heterocycles. The van der Waals surface area contributed by atoms with Gasteiger partial charge in [0.15, 0.2) is 0 Å². The molecule has 2 aromatic rings. The number of aromatic nitrogens is 1. The number of amides is 1. The number of anilines is 2. The summed E-state index contributed by atoms with van der Waals surface area (Å²) in [5, 5.41) is 2.83. The largest absolute Gasteiger partial charge is 0.378 e. The van der Waals surface area contributed by atoms with Gasteiger partial charge in [-0.3, -0.25) is 4.79 Å². The third kappa shape index (κ3) is 3.54. The lowest BCUT2D eigenvalue weighted by atomic mass is 10.2. The number of rotatable bonds is 3. The van der Waals surface area contributed by atoms with Crippen LogP contribution in [0.25, 0.3) is 0 Å². The van der Waals surface area contributed by atoms with Crippen LogP contribution in [0.5, 0.6) is 0 Å². The molecule has 1 amide bonds. The highest BCUT2D eigenvalue weighted by molar-refractivity contribution is 9.10. The van der Waals surface area contributed by atoms with E-state index in [1.807, 2.05) is 43.3 Å². The Balaban J connectivity index is 2.14. The third-order valence-electron chi connectivity index (χ3n) is 2.58. The van der Waals surface area contributed by atoms with E-state index in [0.717, 1.165) is 15.8 Å². The van der Waals surface area contributed by atoms with E-state index >= 15 is 0 Å². The second-order valence-corrected chi connectivity index (χ2v) is 5.18. The van der Waals surface area contributed by atoms with Gasteiger partial charge >= 0.3 is 0 Å². The van der Waals surface area contributed by atoms with Crippen LogP contribution in [0.1, 0.15) is 10.5 Å². The molecule has 0 saturated heterocycles. The third-order valence-corrected chi connectivity index (χ3v) is 3.05. The van der Waals surface area contributed by atoms with Crippen molar-refractivity contribution in [2.75, 3.05) is 24.3 Å². The van der Waals surface area contributed by atoms with Gasteiger partial charge in [0, 0.05) is 36.1 Å². The lowest BCUT2D eigenvalue weighted by molar-refractivity contribution is 0.102. The summed E-state index contributed by atoms with van der Waals surface area (Å²) in [5.74, 6) is -0.219. The normalized spacial score (nSPS) is 10.1.